The quantitative estimate of drug-likeness (QED) is 0.172. The van der Waals surface area contributed by atoms with Crippen molar-refractivity contribution in [3.63, 3.8) is 0 Å². The van der Waals surface area contributed by atoms with Crippen LogP contribution in [0.4, 0.5) is 5.82 Å². The molecule has 0 unspecified atom stereocenters. The molecule has 3 aromatic heterocycles. The van der Waals surface area contributed by atoms with Crippen molar-refractivity contribution >= 4 is 44.7 Å². The molecule has 0 spiro atoms. The van der Waals surface area contributed by atoms with Gasteiger partial charge >= 0.3 is 0 Å². The minimum Gasteiger partial charge on any atom is -0.309 e. The van der Waals surface area contributed by atoms with Crippen LogP contribution >= 0.6 is 0 Å². The largest absolute Gasteiger partial charge is 0.309 e. The molecule has 4 heteroatoms. The molecule has 10 rings (SSSR count). The lowest BCUT2D eigenvalue weighted by molar-refractivity contribution is 0.641. The molecule has 0 fully saturated rings. The average molecular weight is 683 g/mol. The number of aromatic nitrogens is 3. The van der Waals surface area contributed by atoms with Crippen molar-refractivity contribution in [2.45, 2.75) is 32.1 Å². The predicted octanol–water partition coefficient (Wildman–Crippen LogP) is 12.4. The highest BCUT2D eigenvalue weighted by Crippen LogP contribution is 2.39. The maximum atomic E-state index is 4.80. The highest BCUT2D eigenvalue weighted by molar-refractivity contribution is 6.09. The van der Waals surface area contributed by atoms with E-state index < -0.39 is 0 Å². The minimum absolute atomic E-state index is 0.148. The molecule has 4 heterocycles. The minimum atomic E-state index is -0.148. The number of hydrogen-bond donors (Lipinski definition) is 0. The molecule has 6 aromatic carbocycles. The lowest BCUT2D eigenvalue weighted by Gasteiger charge is -2.26. The van der Waals surface area contributed by atoms with Crippen LogP contribution in [0.5, 0.6) is 0 Å². The average Bonchev–Trinajstić information content (AvgIpc) is 3.74. The van der Waals surface area contributed by atoms with Crippen molar-refractivity contribution in [2.75, 3.05) is 0 Å². The second-order valence-corrected chi connectivity index (χ2v) is 14.6. The number of para-hydroxylation sites is 2. The van der Waals surface area contributed by atoms with E-state index in [0.29, 0.717) is 0 Å². The molecule has 1 aliphatic rings. The van der Waals surface area contributed by atoms with Crippen molar-refractivity contribution in [1.29, 1.82) is 0 Å². The van der Waals surface area contributed by atoms with Crippen LogP contribution in [-0.4, -0.2) is 20.3 Å². The predicted molar refractivity (Wildman–Crippen MR) is 221 cm³/mol. The summed E-state index contributed by atoms with van der Waals surface area (Å²) in [6.45, 7) is 4.62. The molecule has 0 radical (unpaired) electrons. The second kappa shape index (κ2) is 12.3. The molecule has 0 amide bonds. The molecule has 0 aliphatic carbocycles. The molecule has 254 valence electrons. The van der Waals surface area contributed by atoms with Gasteiger partial charge in [0.25, 0.3) is 0 Å². The van der Waals surface area contributed by atoms with E-state index in [4.69, 9.17) is 4.99 Å². The van der Waals surface area contributed by atoms with Crippen LogP contribution < -0.4 is 0 Å². The molecular weight excluding hydrogens is 645 g/mol. The molecule has 4 nitrogen and oxygen atoms in total. The van der Waals surface area contributed by atoms with Crippen molar-refractivity contribution in [1.82, 2.24) is 14.1 Å². The van der Waals surface area contributed by atoms with Crippen molar-refractivity contribution < 1.29 is 0 Å². The summed E-state index contributed by atoms with van der Waals surface area (Å²) in [6, 6.07) is 55.4. The highest BCUT2D eigenvalue weighted by Gasteiger charge is 2.24. The number of benzene rings is 6. The highest BCUT2D eigenvalue weighted by atomic mass is 15.1. The Hall–Kier alpha value is -6.52. The summed E-state index contributed by atoms with van der Waals surface area (Å²) in [7, 11) is 0. The van der Waals surface area contributed by atoms with Gasteiger partial charge < -0.3 is 4.57 Å². The van der Waals surface area contributed by atoms with E-state index in [2.05, 4.69) is 180 Å². The first-order valence-electron chi connectivity index (χ1n) is 18.5. The molecule has 0 atom stereocenters. The number of pyridine rings is 1. The van der Waals surface area contributed by atoms with Gasteiger partial charge in [-0.3, -0.25) is 9.55 Å². The molecule has 53 heavy (non-hydrogen) atoms. The van der Waals surface area contributed by atoms with Crippen LogP contribution in [-0.2, 0) is 11.8 Å². The van der Waals surface area contributed by atoms with Gasteiger partial charge in [0.1, 0.15) is 5.82 Å². The van der Waals surface area contributed by atoms with E-state index in [1.807, 2.05) is 18.6 Å². The Morgan fingerprint density at radius 3 is 1.51 bits per heavy atom. The SMILES string of the molecule is CC(C)(c1ccc(-c2ccc(-n3c4c(c5cnccc53)CCC=N4)cc2)cc1)c1ccc(-c2ccc(-n3c4ccccc4c4ccccc43)cc2)cc1. The Kier molecular flexibility index (Phi) is 7.26. The van der Waals surface area contributed by atoms with Gasteiger partial charge in [0.05, 0.1) is 16.6 Å². The Morgan fingerprint density at radius 2 is 0.962 bits per heavy atom. The molecular formula is C49H38N4. The number of aryl methyl sites for hydroxylation is 1. The van der Waals surface area contributed by atoms with Gasteiger partial charge in [-0.25, -0.2) is 4.99 Å². The Morgan fingerprint density at radius 1 is 0.491 bits per heavy atom. The first kappa shape index (κ1) is 31.2. The number of fused-ring (bicyclic) bond motifs is 6. The smallest absolute Gasteiger partial charge is 0.141 e. The standard InChI is InChI=1S/C49H38N4/c1-49(2,37-21-13-33(14-22-37)35-17-25-39(26-18-35)52-45-11-5-3-8-41(45)42-9-4-6-12-46(42)52)38-23-15-34(16-24-38)36-19-27-40(28-20-36)53-47-29-31-50-32-44(47)43-10-7-30-51-48(43)53/h3-6,8-9,11-32H,7,10H2,1-2H3. The topological polar surface area (TPSA) is 35.1 Å². The summed E-state index contributed by atoms with van der Waals surface area (Å²) in [5, 5.41) is 3.76. The second-order valence-electron chi connectivity index (χ2n) is 14.6. The maximum absolute atomic E-state index is 4.80. The lowest BCUT2D eigenvalue weighted by Crippen LogP contribution is -2.18. The fraction of sp³-hybridized carbons (Fsp3) is 0.102. The van der Waals surface area contributed by atoms with Crippen molar-refractivity contribution in [3.8, 4) is 33.6 Å². The van der Waals surface area contributed by atoms with Gasteiger partial charge in [0.15, 0.2) is 0 Å². The Bertz CT molecular complexity index is 2760. The van der Waals surface area contributed by atoms with E-state index in [9.17, 15) is 0 Å². The van der Waals surface area contributed by atoms with Crippen LogP contribution in [0.3, 0.4) is 0 Å². The van der Waals surface area contributed by atoms with E-state index in [1.54, 1.807) is 0 Å². The van der Waals surface area contributed by atoms with E-state index >= 15 is 0 Å². The lowest BCUT2D eigenvalue weighted by atomic mass is 9.77. The zero-order valence-corrected chi connectivity index (χ0v) is 29.9. The summed E-state index contributed by atoms with van der Waals surface area (Å²) in [5.41, 5.74) is 14.5. The first-order valence-corrected chi connectivity index (χ1v) is 18.5. The molecule has 1 aliphatic heterocycles. The normalized spacial score (nSPS) is 12.9. The maximum Gasteiger partial charge on any atom is 0.141 e. The fourth-order valence-electron chi connectivity index (χ4n) is 8.32. The third-order valence-electron chi connectivity index (χ3n) is 11.3. The summed E-state index contributed by atoms with van der Waals surface area (Å²) in [5.74, 6) is 1.03. The van der Waals surface area contributed by atoms with Gasteiger partial charge in [-0.05, 0) is 88.7 Å². The molecule has 0 saturated carbocycles. The fourth-order valence-corrected chi connectivity index (χ4v) is 8.32. The molecule has 0 saturated heterocycles. The van der Waals surface area contributed by atoms with Crippen LogP contribution in [0.25, 0.3) is 66.3 Å². The van der Waals surface area contributed by atoms with E-state index in [-0.39, 0.29) is 5.41 Å². The van der Waals surface area contributed by atoms with Gasteiger partial charge in [-0.1, -0.05) is 123 Å². The molecule has 9 aromatic rings. The van der Waals surface area contributed by atoms with Gasteiger partial charge in [0.2, 0.25) is 0 Å². The van der Waals surface area contributed by atoms with Crippen LogP contribution in [0.2, 0.25) is 0 Å². The number of rotatable bonds is 6. The van der Waals surface area contributed by atoms with Crippen molar-refractivity contribution in [2.24, 2.45) is 4.99 Å². The third-order valence-corrected chi connectivity index (χ3v) is 11.3. The number of nitrogens with zero attached hydrogens (tertiary/aromatic N) is 4. The van der Waals surface area contributed by atoms with E-state index in [1.165, 1.54) is 71.8 Å². The van der Waals surface area contributed by atoms with Gasteiger partial charge in [-0.2, -0.15) is 0 Å². The number of aliphatic imine (C=N–C) groups is 1. The van der Waals surface area contributed by atoms with E-state index in [0.717, 1.165) is 29.9 Å². The first-order chi connectivity index (χ1) is 26.0. The number of hydrogen-bond acceptors (Lipinski definition) is 2. The zero-order valence-electron chi connectivity index (χ0n) is 29.9. The Balaban J connectivity index is 0.883. The van der Waals surface area contributed by atoms with Gasteiger partial charge in [-0.15, -0.1) is 0 Å². The van der Waals surface area contributed by atoms with Crippen LogP contribution in [0, 0.1) is 0 Å². The van der Waals surface area contributed by atoms with Crippen LogP contribution in [0.15, 0.2) is 169 Å². The summed E-state index contributed by atoms with van der Waals surface area (Å²) < 4.78 is 4.63. The monoisotopic (exact) mass is 682 g/mol. The molecule has 0 bridgehead atoms. The Labute approximate surface area is 309 Å². The summed E-state index contributed by atoms with van der Waals surface area (Å²) in [6.07, 6.45) is 7.84. The van der Waals surface area contributed by atoms with Gasteiger partial charge in [0, 0.05) is 57.1 Å². The molecule has 0 N–H and O–H groups in total. The summed E-state index contributed by atoms with van der Waals surface area (Å²) in [4.78, 5) is 9.20. The summed E-state index contributed by atoms with van der Waals surface area (Å²) >= 11 is 0. The zero-order chi connectivity index (χ0) is 35.5. The van der Waals surface area contributed by atoms with Crippen molar-refractivity contribution in [3.05, 3.63) is 181 Å². The van der Waals surface area contributed by atoms with Crippen LogP contribution in [0.1, 0.15) is 37.0 Å². The third kappa shape index (κ3) is 5.13.